The zero-order chi connectivity index (χ0) is 23.1. The van der Waals surface area contributed by atoms with Crippen LogP contribution >= 0.6 is 0 Å². The van der Waals surface area contributed by atoms with Gasteiger partial charge in [-0.05, 0) is 87.5 Å². The van der Waals surface area contributed by atoms with Crippen LogP contribution in [0, 0.1) is 5.82 Å². The summed E-state index contributed by atoms with van der Waals surface area (Å²) in [7, 11) is 0. The Morgan fingerprint density at radius 2 is 1.76 bits per heavy atom. The first-order valence-corrected chi connectivity index (χ1v) is 12.6. The highest BCUT2D eigenvalue weighted by Crippen LogP contribution is 2.40. The molecule has 0 bridgehead atoms. The smallest absolute Gasteiger partial charge is 0.235 e. The second kappa shape index (κ2) is 11.1. The van der Waals surface area contributed by atoms with E-state index < -0.39 is 5.41 Å². The van der Waals surface area contributed by atoms with Crippen molar-refractivity contribution in [1.29, 1.82) is 0 Å². The van der Waals surface area contributed by atoms with Crippen LogP contribution in [0.25, 0.3) is 0 Å². The molecule has 0 radical (unpaired) electrons. The average Bonchev–Trinajstić information content (AvgIpc) is 2.84. The molecule has 5 heteroatoms. The number of hydrogen-bond donors (Lipinski definition) is 1. The minimum absolute atomic E-state index is 0.00173. The summed E-state index contributed by atoms with van der Waals surface area (Å²) in [5, 5.41) is 3.11. The number of nitrogens with zero attached hydrogens (tertiary/aromatic N) is 1. The normalized spacial score (nSPS) is 20.8. The molecule has 2 aromatic carbocycles. The summed E-state index contributed by atoms with van der Waals surface area (Å²) in [6.07, 6.45) is 9.71. The highest BCUT2D eigenvalue weighted by Gasteiger charge is 2.41. The van der Waals surface area contributed by atoms with Crippen molar-refractivity contribution in [3.63, 3.8) is 0 Å². The van der Waals surface area contributed by atoms with Gasteiger partial charge in [0.15, 0.2) is 0 Å². The van der Waals surface area contributed by atoms with E-state index in [-0.39, 0.29) is 11.7 Å². The van der Waals surface area contributed by atoms with Crippen molar-refractivity contribution in [3.8, 4) is 5.75 Å². The Morgan fingerprint density at radius 1 is 1.03 bits per heavy atom. The van der Waals surface area contributed by atoms with Crippen molar-refractivity contribution in [1.82, 2.24) is 4.90 Å². The maximum absolute atomic E-state index is 13.5. The van der Waals surface area contributed by atoms with Gasteiger partial charge >= 0.3 is 0 Å². The molecule has 0 unspecified atom stereocenters. The minimum Gasteiger partial charge on any atom is -0.494 e. The number of ether oxygens (including phenoxy) is 1. The van der Waals surface area contributed by atoms with Crippen LogP contribution < -0.4 is 10.1 Å². The van der Waals surface area contributed by atoms with E-state index in [9.17, 15) is 9.18 Å². The van der Waals surface area contributed by atoms with E-state index in [4.69, 9.17) is 4.74 Å². The molecule has 1 aliphatic carbocycles. The van der Waals surface area contributed by atoms with Gasteiger partial charge in [0.2, 0.25) is 5.91 Å². The van der Waals surface area contributed by atoms with Gasteiger partial charge in [-0.1, -0.05) is 37.8 Å². The Hall–Kier alpha value is -2.40. The predicted octanol–water partition coefficient (Wildman–Crippen LogP) is 6.31. The fraction of sp³-hybridized carbons (Fsp3) is 0.536. The average molecular weight is 453 g/mol. The van der Waals surface area contributed by atoms with E-state index in [2.05, 4.69) is 17.1 Å². The van der Waals surface area contributed by atoms with Crippen LogP contribution in [0.5, 0.6) is 5.75 Å². The fourth-order valence-electron chi connectivity index (χ4n) is 5.40. The highest BCUT2D eigenvalue weighted by atomic mass is 19.1. The molecular weight excluding hydrogens is 415 g/mol. The van der Waals surface area contributed by atoms with Crippen molar-refractivity contribution in [2.45, 2.75) is 76.2 Å². The summed E-state index contributed by atoms with van der Waals surface area (Å²) in [5.74, 6) is 0.551. The molecule has 4 nitrogen and oxygen atoms in total. The van der Waals surface area contributed by atoms with Gasteiger partial charge in [-0.25, -0.2) is 4.39 Å². The predicted molar refractivity (Wildman–Crippen MR) is 131 cm³/mol. The van der Waals surface area contributed by atoms with Gasteiger partial charge in [-0.2, -0.15) is 0 Å². The van der Waals surface area contributed by atoms with E-state index in [0.29, 0.717) is 12.6 Å². The monoisotopic (exact) mass is 452 g/mol. The van der Waals surface area contributed by atoms with Crippen molar-refractivity contribution in [2.75, 3.05) is 25.0 Å². The van der Waals surface area contributed by atoms with E-state index in [1.165, 1.54) is 37.9 Å². The Morgan fingerprint density at radius 3 is 2.45 bits per heavy atom. The maximum Gasteiger partial charge on any atom is 0.235 e. The van der Waals surface area contributed by atoms with E-state index >= 15 is 0 Å². The molecule has 1 atom stereocenters. The van der Waals surface area contributed by atoms with Gasteiger partial charge in [-0.15, -0.1) is 0 Å². The molecule has 2 aliphatic rings. The molecule has 0 aromatic heterocycles. The first-order chi connectivity index (χ1) is 16.1. The molecule has 1 saturated heterocycles. The van der Waals surface area contributed by atoms with E-state index in [0.717, 1.165) is 62.1 Å². The van der Waals surface area contributed by atoms with Gasteiger partial charge in [0, 0.05) is 18.3 Å². The van der Waals surface area contributed by atoms with Crippen LogP contribution in [0.2, 0.25) is 0 Å². The summed E-state index contributed by atoms with van der Waals surface area (Å²) >= 11 is 0. The molecular formula is C28H37FN2O2. The third-order valence-electron chi connectivity index (χ3n) is 7.45. The van der Waals surface area contributed by atoms with Gasteiger partial charge < -0.3 is 15.0 Å². The molecule has 2 fully saturated rings. The van der Waals surface area contributed by atoms with E-state index in [1.807, 2.05) is 24.3 Å². The van der Waals surface area contributed by atoms with Gasteiger partial charge in [-0.3, -0.25) is 4.79 Å². The third kappa shape index (κ3) is 5.94. The van der Waals surface area contributed by atoms with Crippen molar-refractivity contribution < 1.29 is 13.9 Å². The number of rotatable bonds is 8. The minimum atomic E-state index is -0.591. The second-order valence-corrected chi connectivity index (χ2v) is 9.71. The Kier molecular flexibility index (Phi) is 8.02. The second-order valence-electron chi connectivity index (χ2n) is 9.71. The fourth-order valence-corrected chi connectivity index (χ4v) is 5.40. The molecule has 1 saturated carbocycles. The van der Waals surface area contributed by atoms with Crippen LogP contribution in [0.3, 0.4) is 0 Å². The summed E-state index contributed by atoms with van der Waals surface area (Å²) in [6.45, 7) is 5.30. The van der Waals surface area contributed by atoms with E-state index in [1.54, 1.807) is 12.1 Å². The molecule has 178 valence electrons. The Labute approximate surface area is 197 Å². The summed E-state index contributed by atoms with van der Waals surface area (Å²) in [4.78, 5) is 16.0. The zero-order valence-corrected chi connectivity index (χ0v) is 19.8. The van der Waals surface area contributed by atoms with Crippen LogP contribution in [0.1, 0.15) is 70.3 Å². The van der Waals surface area contributed by atoms with Crippen molar-refractivity contribution >= 4 is 11.6 Å². The Balaban J connectivity index is 1.31. The van der Waals surface area contributed by atoms with Crippen molar-refractivity contribution in [3.05, 3.63) is 59.9 Å². The Bertz CT molecular complexity index is 891. The molecule has 2 aromatic rings. The lowest BCUT2D eigenvalue weighted by Gasteiger charge is -2.36. The number of anilines is 1. The quantitative estimate of drug-likeness (QED) is 0.477. The third-order valence-corrected chi connectivity index (χ3v) is 7.45. The van der Waals surface area contributed by atoms with Crippen LogP contribution in [-0.4, -0.2) is 36.5 Å². The molecule has 4 rings (SSSR count). The number of carbonyl (C=O) groups is 1. The first-order valence-electron chi connectivity index (χ1n) is 12.6. The largest absolute Gasteiger partial charge is 0.494 e. The summed E-state index contributed by atoms with van der Waals surface area (Å²) in [6, 6.07) is 14.8. The van der Waals surface area contributed by atoms with Gasteiger partial charge in [0.05, 0.1) is 12.0 Å². The lowest BCUT2D eigenvalue weighted by Crippen LogP contribution is -2.42. The zero-order valence-electron chi connectivity index (χ0n) is 19.8. The number of halogens is 1. The molecule has 0 spiro atoms. The number of hydrogen-bond acceptors (Lipinski definition) is 3. The number of nitrogens with one attached hydrogen (secondary N) is 1. The van der Waals surface area contributed by atoms with Crippen LogP contribution in [0.15, 0.2) is 48.5 Å². The molecule has 1 heterocycles. The van der Waals surface area contributed by atoms with Gasteiger partial charge in [0.25, 0.3) is 0 Å². The van der Waals surface area contributed by atoms with Gasteiger partial charge in [0.1, 0.15) is 11.6 Å². The maximum atomic E-state index is 13.5. The number of carbonyl (C=O) groups excluding carboxylic acids is 1. The molecule has 1 amide bonds. The van der Waals surface area contributed by atoms with Crippen LogP contribution in [0.4, 0.5) is 10.1 Å². The van der Waals surface area contributed by atoms with Crippen molar-refractivity contribution in [2.24, 2.45) is 0 Å². The van der Waals surface area contributed by atoms with Crippen LogP contribution in [-0.2, 0) is 10.2 Å². The standard InChI is InChI=1S/C28H37FN2O2/c1-22-8-3-6-19-31(22)20-7-21-33-26-15-13-25(14-16-26)30-27(32)28(17-4-2-5-18-28)23-9-11-24(29)12-10-23/h9-16,22H,2-8,17-21H2,1H3,(H,30,32)/t22-/m0/s1. The lowest BCUT2D eigenvalue weighted by molar-refractivity contribution is -0.122. The molecule has 33 heavy (non-hydrogen) atoms. The number of piperidine rings is 1. The molecule has 1 aliphatic heterocycles. The number of benzene rings is 2. The SMILES string of the molecule is C[C@H]1CCCCN1CCCOc1ccc(NC(=O)C2(c3ccc(F)cc3)CCCCC2)cc1. The topological polar surface area (TPSA) is 41.6 Å². The summed E-state index contributed by atoms with van der Waals surface area (Å²) < 4.78 is 19.4. The highest BCUT2D eigenvalue weighted by molar-refractivity contribution is 5.99. The lowest BCUT2D eigenvalue weighted by atomic mass is 9.68. The first kappa shape index (κ1) is 23.7. The number of amides is 1. The summed E-state index contributed by atoms with van der Waals surface area (Å²) in [5.41, 5.74) is 1.08. The molecule has 1 N–H and O–H groups in total. The number of likely N-dealkylation sites (tertiary alicyclic amines) is 1.